The van der Waals surface area contributed by atoms with E-state index >= 15 is 0 Å². The number of nitrogens with two attached hydrogens (primary N) is 1. The highest BCUT2D eigenvalue weighted by Gasteiger charge is 2.87. The van der Waals surface area contributed by atoms with E-state index in [2.05, 4.69) is 0 Å². The Hall–Kier alpha value is -1.44. The third-order valence-electron chi connectivity index (χ3n) is 3.01. The van der Waals surface area contributed by atoms with Gasteiger partial charge in [-0.1, -0.05) is 30.3 Å². The van der Waals surface area contributed by atoms with Crippen LogP contribution in [0, 0.1) is 0 Å². The molecule has 1 aromatic carbocycles. The van der Waals surface area contributed by atoms with Crippen LogP contribution in [0.3, 0.4) is 0 Å². The van der Waals surface area contributed by atoms with Crippen molar-refractivity contribution >= 4 is 15.8 Å². The molecule has 0 aliphatic carbocycles. The molecule has 1 saturated heterocycles. The van der Waals surface area contributed by atoms with E-state index < -0.39 is 25.6 Å². The molecule has 0 saturated carbocycles. The molecule has 0 radical (unpaired) electrons. The van der Waals surface area contributed by atoms with Crippen LogP contribution in [0.2, 0.25) is 0 Å². The van der Waals surface area contributed by atoms with Crippen LogP contribution in [0.4, 0.5) is 0 Å². The number of carboxylic acids is 1. The number of hydrogen-bond acceptors (Lipinski definition) is 5. The fourth-order valence-electron chi connectivity index (χ4n) is 1.84. The topological polar surface area (TPSA) is 118 Å². The number of aliphatic hydroxyl groups is 1. The van der Waals surface area contributed by atoms with Crippen molar-refractivity contribution in [2.24, 2.45) is 5.73 Å². The Morgan fingerprint density at radius 3 is 2.24 bits per heavy atom. The number of aliphatic carboxylic acids is 1. The van der Waals surface area contributed by atoms with Crippen LogP contribution < -0.4 is 5.73 Å². The van der Waals surface area contributed by atoms with Gasteiger partial charge in [0.15, 0.2) is 0 Å². The lowest BCUT2D eigenvalue weighted by Crippen LogP contribution is -2.43. The zero-order chi connectivity index (χ0) is 12.9. The molecule has 92 valence electrons. The molecule has 1 aromatic rings. The molecule has 2 atom stereocenters. The number of rotatable bonds is 3. The van der Waals surface area contributed by atoms with Crippen molar-refractivity contribution in [3.05, 3.63) is 35.9 Å². The van der Waals surface area contributed by atoms with E-state index in [0.29, 0.717) is 5.56 Å². The molecular weight excluding hydrogens is 246 g/mol. The predicted octanol–water partition coefficient (Wildman–Crippen LogP) is -0.914. The summed E-state index contributed by atoms with van der Waals surface area (Å²) in [6.45, 7) is 0. The number of sulfone groups is 1. The Kier molecular flexibility index (Phi) is 2.32. The van der Waals surface area contributed by atoms with E-state index in [0.717, 1.165) is 0 Å². The summed E-state index contributed by atoms with van der Waals surface area (Å²) in [6.07, 6.45) is -0.334. The van der Waals surface area contributed by atoms with E-state index in [1.165, 1.54) is 0 Å². The van der Waals surface area contributed by atoms with Gasteiger partial charge in [-0.2, -0.15) is 0 Å². The molecule has 1 aliphatic rings. The molecule has 1 aliphatic heterocycles. The first kappa shape index (κ1) is 12.0. The zero-order valence-corrected chi connectivity index (χ0v) is 9.52. The maximum Gasteiger partial charge on any atom is 0.344 e. The van der Waals surface area contributed by atoms with Gasteiger partial charge in [-0.3, -0.25) is 5.73 Å². The standard InChI is InChI=1S/C10H11NO5S/c11-10(8(12)13)9(14,17(10,15)16)6-7-4-2-1-3-5-7/h1-5,14H,6,11H2,(H,12,13)/t9?,10-/m1/s1. The summed E-state index contributed by atoms with van der Waals surface area (Å²) >= 11 is 0. The fraction of sp³-hybridized carbons (Fsp3) is 0.300. The number of carboxylic acid groups (broad SMARTS) is 1. The summed E-state index contributed by atoms with van der Waals surface area (Å²) < 4.78 is 23.1. The quantitative estimate of drug-likeness (QED) is 0.603. The smallest absolute Gasteiger partial charge is 0.344 e. The van der Waals surface area contributed by atoms with Crippen molar-refractivity contribution in [3.63, 3.8) is 0 Å². The van der Waals surface area contributed by atoms with Crippen molar-refractivity contribution in [2.75, 3.05) is 0 Å². The van der Waals surface area contributed by atoms with Gasteiger partial charge in [0, 0.05) is 6.42 Å². The maximum atomic E-state index is 11.5. The van der Waals surface area contributed by atoms with Crippen LogP contribution in [0.25, 0.3) is 0 Å². The van der Waals surface area contributed by atoms with Gasteiger partial charge < -0.3 is 10.2 Å². The minimum absolute atomic E-state index is 0.334. The molecule has 1 fully saturated rings. The molecule has 0 spiro atoms. The second-order valence-corrected chi connectivity index (χ2v) is 6.32. The van der Waals surface area contributed by atoms with Crippen molar-refractivity contribution in [2.45, 2.75) is 16.2 Å². The second kappa shape index (κ2) is 3.28. The van der Waals surface area contributed by atoms with Gasteiger partial charge in [-0.25, -0.2) is 13.2 Å². The number of carbonyl (C=O) groups is 1. The summed E-state index contributed by atoms with van der Waals surface area (Å²) in [5.74, 6) is -1.74. The Labute approximate surface area is 97.6 Å². The molecule has 17 heavy (non-hydrogen) atoms. The van der Waals surface area contributed by atoms with Gasteiger partial charge in [0.25, 0.3) is 4.87 Å². The van der Waals surface area contributed by atoms with E-state index in [4.69, 9.17) is 10.8 Å². The van der Waals surface area contributed by atoms with Crippen LogP contribution >= 0.6 is 0 Å². The largest absolute Gasteiger partial charge is 0.479 e. The first-order valence-electron chi connectivity index (χ1n) is 4.80. The molecule has 7 heteroatoms. The molecule has 6 nitrogen and oxygen atoms in total. The predicted molar refractivity (Wildman–Crippen MR) is 58.6 cm³/mol. The zero-order valence-electron chi connectivity index (χ0n) is 8.70. The minimum Gasteiger partial charge on any atom is -0.479 e. The van der Waals surface area contributed by atoms with Gasteiger partial charge in [-0.15, -0.1) is 0 Å². The normalized spacial score (nSPS) is 34.2. The maximum absolute atomic E-state index is 11.5. The van der Waals surface area contributed by atoms with Crippen LogP contribution in [0.5, 0.6) is 0 Å². The molecule has 0 aromatic heterocycles. The molecule has 4 N–H and O–H groups in total. The second-order valence-electron chi connectivity index (χ2n) is 3.99. The summed E-state index contributed by atoms with van der Waals surface area (Å²) in [5.41, 5.74) is 5.76. The lowest BCUT2D eigenvalue weighted by molar-refractivity contribution is -0.141. The first-order valence-corrected chi connectivity index (χ1v) is 6.28. The van der Waals surface area contributed by atoms with Gasteiger partial charge in [0.1, 0.15) is 0 Å². The Morgan fingerprint density at radius 1 is 1.29 bits per heavy atom. The van der Waals surface area contributed by atoms with Crippen LogP contribution in [0.15, 0.2) is 30.3 Å². The summed E-state index contributed by atoms with van der Waals surface area (Å²) in [5, 5.41) is 18.7. The third-order valence-corrected chi connectivity index (χ3v) is 5.52. The molecule has 0 amide bonds. The summed E-state index contributed by atoms with van der Waals surface area (Å²) in [7, 11) is -4.26. The van der Waals surface area contributed by atoms with E-state index in [1.54, 1.807) is 30.3 Å². The van der Waals surface area contributed by atoms with Crippen molar-refractivity contribution in [1.82, 2.24) is 0 Å². The summed E-state index contributed by atoms with van der Waals surface area (Å²) in [6, 6.07) is 8.23. The van der Waals surface area contributed by atoms with Crippen molar-refractivity contribution in [3.8, 4) is 0 Å². The molecule has 0 bridgehead atoms. The Morgan fingerprint density at radius 2 is 1.82 bits per heavy atom. The highest BCUT2D eigenvalue weighted by molar-refractivity contribution is 8.02. The number of benzene rings is 1. The lowest BCUT2D eigenvalue weighted by atomic mass is 10.0. The van der Waals surface area contributed by atoms with E-state index in [9.17, 15) is 18.3 Å². The summed E-state index contributed by atoms with van der Waals surface area (Å²) in [4.78, 5) is 5.82. The third kappa shape index (κ3) is 1.27. The van der Waals surface area contributed by atoms with E-state index in [-0.39, 0.29) is 6.42 Å². The lowest BCUT2D eigenvalue weighted by Gasteiger charge is -2.08. The van der Waals surface area contributed by atoms with Crippen LogP contribution in [-0.2, 0) is 21.1 Å². The molecule has 2 rings (SSSR count). The van der Waals surface area contributed by atoms with Gasteiger partial charge in [0.2, 0.25) is 14.8 Å². The average molecular weight is 257 g/mol. The molecule has 1 unspecified atom stereocenters. The molecule has 1 heterocycles. The van der Waals surface area contributed by atoms with Crippen LogP contribution in [-0.4, -0.2) is 34.4 Å². The van der Waals surface area contributed by atoms with Crippen molar-refractivity contribution in [1.29, 1.82) is 0 Å². The van der Waals surface area contributed by atoms with Gasteiger partial charge in [-0.05, 0) is 5.56 Å². The SMILES string of the molecule is N[C@@]1(C(=O)O)C(O)(Cc2ccccc2)S1(=O)=O. The van der Waals surface area contributed by atoms with Gasteiger partial charge >= 0.3 is 5.97 Å². The highest BCUT2D eigenvalue weighted by Crippen LogP contribution is 2.52. The van der Waals surface area contributed by atoms with Crippen molar-refractivity contribution < 1.29 is 23.4 Å². The van der Waals surface area contributed by atoms with Crippen LogP contribution in [0.1, 0.15) is 5.56 Å². The Balaban J connectivity index is 2.38. The minimum atomic E-state index is -4.26. The monoisotopic (exact) mass is 257 g/mol. The highest BCUT2D eigenvalue weighted by atomic mass is 32.2. The van der Waals surface area contributed by atoms with Gasteiger partial charge in [0.05, 0.1) is 0 Å². The first-order chi connectivity index (χ1) is 7.77. The average Bonchev–Trinajstić information content (AvgIpc) is 2.60. The fourth-order valence-corrected chi connectivity index (χ4v) is 3.71. The Bertz CT molecular complexity index is 570. The van der Waals surface area contributed by atoms with E-state index in [1.807, 2.05) is 0 Å². The number of hydrogen-bond donors (Lipinski definition) is 3. The molecular formula is C10H11NO5S.